The van der Waals surface area contributed by atoms with Gasteiger partial charge < -0.3 is 24.8 Å². The van der Waals surface area contributed by atoms with Gasteiger partial charge in [-0.2, -0.15) is 0 Å². The molecule has 0 bridgehead atoms. The van der Waals surface area contributed by atoms with E-state index in [1.54, 1.807) is 0 Å². The van der Waals surface area contributed by atoms with Gasteiger partial charge in [-0.05, 0) is 0 Å². The molecule has 62 valence electrons. The second-order valence-electron chi connectivity index (χ2n) is 2.40. The highest BCUT2D eigenvalue weighted by Gasteiger charge is 1.97. The van der Waals surface area contributed by atoms with Crippen molar-refractivity contribution >= 4 is 53.9 Å². The smallest absolute Gasteiger partial charge is 0.265 e. The Labute approximate surface area is 79.2 Å². The number of nitrogens with one attached hydrogen (secondary N) is 4. The Morgan fingerprint density at radius 1 is 1.00 bits per heavy atom. The molecule has 0 unspecified atom stereocenters. The molecule has 1 heterocycles. The Morgan fingerprint density at radius 3 is 1.36 bits per heavy atom. The lowest BCUT2D eigenvalue weighted by Gasteiger charge is -2.08. The Morgan fingerprint density at radius 2 is 1.27 bits per heavy atom. The topological polar surface area (TPSA) is 51.4 Å². The molecule has 0 aromatic carbocycles. The van der Waals surface area contributed by atoms with E-state index in [1.165, 1.54) is 20.8 Å². The fraction of sp³-hybridized carbons (Fsp3) is 0. The van der Waals surface area contributed by atoms with Crippen LogP contribution in [0.2, 0.25) is 0 Å². The number of hydrogen-bond acceptors (Lipinski definition) is 5. The van der Waals surface area contributed by atoms with Crippen molar-refractivity contribution in [3.05, 3.63) is 0 Å². The van der Waals surface area contributed by atoms with E-state index in [9.17, 15) is 0 Å². The van der Waals surface area contributed by atoms with Crippen molar-refractivity contribution in [1.82, 2.24) is 24.8 Å². The Hall–Kier alpha value is 0.645. The summed E-state index contributed by atoms with van der Waals surface area (Å²) in [5.74, 6) is 0. The minimum absolute atomic E-state index is 0.938. The van der Waals surface area contributed by atoms with Gasteiger partial charge in [0.25, 0.3) is 22.6 Å². The maximum Gasteiger partial charge on any atom is 0.265 e. The molecule has 4 N–H and O–H groups in total. The van der Waals surface area contributed by atoms with Gasteiger partial charge in [-0.25, -0.2) is 0 Å². The molecular weight excluding hydrogens is 187 g/mol. The molecule has 0 atom stereocenters. The molecule has 1 saturated heterocycles. The van der Waals surface area contributed by atoms with Crippen LogP contribution in [0.3, 0.4) is 0 Å². The fourth-order valence-electron chi connectivity index (χ4n) is 0.453. The fourth-order valence-corrected chi connectivity index (χ4v) is 0.453. The van der Waals surface area contributed by atoms with Gasteiger partial charge in [0.1, 0.15) is 0 Å². The van der Waals surface area contributed by atoms with Crippen LogP contribution >= 0.6 is 0 Å². The summed E-state index contributed by atoms with van der Waals surface area (Å²) < 4.78 is 2.21. The number of hydrazine groups is 1. The standard InChI is InChI=1S/B3H6N3.H10N2Si3/c1-4-2-6-3-5-1;3-1-2(4)5/h1-6H;1H,3-5H3. The highest BCUT2D eigenvalue weighted by molar-refractivity contribution is 6.65. The minimum atomic E-state index is 0.938. The maximum absolute atomic E-state index is 3.12. The predicted molar refractivity (Wildman–Crippen MR) is 65.6 cm³/mol. The molecule has 0 aromatic rings. The van der Waals surface area contributed by atoms with Crippen LogP contribution < -0.4 is 20.5 Å². The molecule has 1 aliphatic heterocycles. The first-order valence-corrected chi connectivity index (χ1v) is 6.53. The summed E-state index contributed by atoms with van der Waals surface area (Å²) in [6.45, 7) is 0. The van der Waals surface area contributed by atoms with E-state index in [1.807, 2.05) is 0 Å². The first-order valence-electron chi connectivity index (χ1n) is 3.74. The molecule has 0 radical (unpaired) electrons. The van der Waals surface area contributed by atoms with Crippen molar-refractivity contribution in [2.24, 2.45) is 0 Å². The molecule has 0 saturated carbocycles. The second kappa shape index (κ2) is 8.74. The van der Waals surface area contributed by atoms with Crippen LogP contribution in [0.1, 0.15) is 0 Å². The van der Waals surface area contributed by atoms with Gasteiger partial charge in [0.2, 0.25) is 0 Å². The lowest BCUT2D eigenvalue weighted by Crippen LogP contribution is -2.55. The Balaban J connectivity index is 0.000000187. The summed E-state index contributed by atoms with van der Waals surface area (Å²) in [6.07, 6.45) is 0. The number of rotatable bonds is 1. The summed E-state index contributed by atoms with van der Waals surface area (Å²) in [6, 6.07) is 0. The predicted octanol–water partition coefficient (Wildman–Crippen LogP) is -7.80. The zero-order chi connectivity index (χ0) is 8.53. The average molecular weight is 203 g/mol. The molecule has 11 heavy (non-hydrogen) atoms. The van der Waals surface area contributed by atoms with E-state index in [0.29, 0.717) is 0 Å². The third-order valence-electron chi connectivity index (χ3n) is 1.20. The molecule has 0 aliphatic carbocycles. The zero-order valence-electron chi connectivity index (χ0n) is 7.57. The minimum Gasteiger partial charge on any atom is -0.378 e. The van der Waals surface area contributed by atoms with Gasteiger partial charge in [-0.1, -0.05) is 0 Å². The van der Waals surface area contributed by atoms with E-state index < -0.39 is 0 Å². The average Bonchev–Trinajstić information content (AvgIpc) is 2.09. The highest BCUT2D eigenvalue weighted by atomic mass is 28.2. The van der Waals surface area contributed by atoms with Crippen LogP contribution in [0.15, 0.2) is 0 Å². The Bertz CT molecular complexity index is 65.9. The van der Waals surface area contributed by atoms with Crippen LogP contribution in [-0.2, 0) is 0 Å². The van der Waals surface area contributed by atoms with Crippen LogP contribution in [0.4, 0.5) is 0 Å². The Kier molecular flexibility index (Phi) is 9.25. The summed E-state index contributed by atoms with van der Waals surface area (Å²) in [5, 5.41) is 12.3. The molecule has 0 amide bonds. The normalized spacial score (nSPS) is 16.1. The summed E-state index contributed by atoms with van der Waals surface area (Å²) in [7, 11) is 6.31. The van der Waals surface area contributed by atoms with Gasteiger partial charge in [0.15, 0.2) is 0 Å². The molecule has 0 spiro atoms. The van der Waals surface area contributed by atoms with Crippen LogP contribution in [-0.4, -0.2) is 58.2 Å². The van der Waals surface area contributed by atoms with Gasteiger partial charge in [0.05, 0.1) is 31.2 Å². The summed E-state index contributed by atoms with van der Waals surface area (Å²) in [5.41, 5.74) is 0. The first-order chi connectivity index (χ1) is 5.27. The van der Waals surface area contributed by atoms with Gasteiger partial charge in [-0.3, -0.25) is 0 Å². The van der Waals surface area contributed by atoms with Crippen LogP contribution in [0, 0.1) is 0 Å². The molecule has 1 fully saturated rings. The lowest BCUT2D eigenvalue weighted by molar-refractivity contribution is 0.676. The van der Waals surface area contributed by atoms with E-state index in [4.69, 9.17) is 0 Å². The van der Waals surface area contributed by atoms with Crippen molar-refractivity contribution in [3.63, 3.8) is 0 Å². The summed E-state index contributed by atoms with van der Waals surface area (Å²) in [4.78, 5) is 0. The van der Waals surface area contributed by atoms with Crippen LogP contribution in [0.25, 0.3) is 0 Å². The van der Waals surface area contributed by atoms with E-state index in [0.717, 1.165) is 33.1 Å². The molecule has 1 rings (SSSR count). The summed E-state index contributed by atoms with van der Waals surface area (Å²) >= 11 is 0. The first kappa shape index (κ1) is 11.6. The van der Waals surface area contributed by atoms with Gasteiger partial charge in [-0.15, -0.1) is 0 Å². The molecule has 5 nitrogen and oxygen atoms in total. The second-order valence-corrected chi connectivity index (χ2v) is 7.32. The monoisotopic (exact) mass is 203 g/mol. The third-order valence-corrected chi connectivity index (χ3v) is 4.77. The quantitative estimate of drug-likeness (QED) is 0.252. The zero-order valence-corrected chi connectivity index (χ0v) is 13.6. The van der Waals surface area contributed by atoms with Crippen molar-refractivity contribution < 1.29 is 0 Å². The van der Waals surface area contributed by atoms with Crippen molar-refractivity contribution in [1.29, 1.82) is 0 Å². The number of nitrogens with zero attached hydrogens (tertiary/aromatic N) is 1. The molecular formula is H16B3N5Si3. The van der Waals surface area contributed by atoms with Crippen molar-refractivity contribution in [2.45, 2.75) is 0 Å². The van der Waals surface area contributed by atoms with E-state index >= 15 is 0 Å². The van der Waals surface area contributed by atoms with Gasteiger partial charge in [0, 0.05) is 0 Å². The SMILES string of the molecule is B1NBNBN1.[SiH3]NN([SiH3])[SiH3]. The van der Waals surface area contributed by atoms with Gasteiger partial charge >= 0.3 is 0 Å². The third kappa shape index (κ3) is 10.6. The lowest BCUT2D eigenvalue weighted by atomic mass is 9.85. The highest BCUT2D eigenvalue weighted by Crippen LogP contribution is 1.47. The molecule has 0 aromatic heterocycles. The maximum atomic E-state index is 3.12. The van der Waals surface area contributed by atoms with E-state index in [-0.39, 0.29) is 0 Å². The van der Waals surface area contributed by atoms with Crippen molar-refractivity contribution in [2.75, 3.05) is 0 Å². The molecule has 1 aliphatic rings. The van der Waals surface area contributed by atoms with Crippen molar-refractivity contribution in [3.8, 4) is 0 Å². The number of hydrogen-bond donors (Lipinski definition) is 4. The largest absolute Gasteiger partial charge is 0.378 e. The van der Waals surface area contributed by atoms with E-state index in [2.05, 4.69) is 24.8 Å². The van der Waals surface area contributed by atoms with Crippen LogP contribution in [0.5, 0.6) is 0 Å². The molecule has 11 heteroatoms.